The third-order valence-corrected chi connectivity index (χ3v) is 11.7. The number of imide groups is 1. The van der Waals surface area contributed by atoms with Crippen molar-refractivity contribution in [2.75, 3.05) is 13.1 Å². The van der Waals surface area contributed by atoms with Crippen LogP contribution < -0.4 is 21.3 Å². The Labute approximate surface area is 306 Å². The molecule has 0 radical (unpaired) electrons. The number of Topliss-reactive ketones (excluding diaryl/α,β-unsaturated/α-hetero) is 1. The molecule has 6 aliphatic rings. The average molecular weight is 721 g/mol. The zero-order chi connectivity index (χ0) is 38.1. The lowest BCUT2D eigenvalue weighted by atomic mass is 9.80. The molecule has 2 aliphatic heterocycles. The summed E-state index contributed by atoms with van der Waals surface area (Å²) in [5.74, 6) is -2.85. The molecule has 0 aromatic rings. The van der Waals surface area contributed by atoms with Crippen LogP contribution in [-0.2, 0) is 28.8 Å². The van der Waals surface area contributed by atoms with E-state index < -0.39 is 69.4 Å². The highest BCUT2D eigenvalue weighted by molar-refractivity contribution is 6.41. The Kier molecular flexibility index (Phi) is 9.54. The second-order valence-electron chi connectivity index (χ2n) is 19.1. The molecule has 2 saturated heterocycles. The van der Waals surface area contributed by atoms with E-state index in [2.05, 4.69) is 27.0 Å². The van der Waals surface area contributed by atoms with Gasteiger partial charge in [0.15, 0.2) is 0 Å². The van der Waals surface area contributed by atoms with Crippen LogP contribution in [0.4, 0.5) is 4.79 Å². The van der Waals surface area contributed by atoms with E-state index in [1.54, 1.807) is 6.08 Å². The maximum absolute atomic E-state index is 14.5. The third kappa shape index (κ3) is 7.84. The van der Waals surface area contributed by atoms with Gasteiger partial charge in [0, 0.05) is 36.9 Å². The number of hydrogen-bond donors (Lipinski definition) is 4. The monoisotopic (exact) mass is 720 g/mol. The molecule has 0 aromatic heterocycles. The highest BCUT2D eigenvalue weighted by atomic mass is 16.2. The van der Waals surface area contributed by atoms with Gasteiger partial charge in [-0.2, -0.15) is 0 Å². The first kappa shape index (κ1) is 37.8. The molecule has 13 nitrogen and oxygen atoms in total. The second-order valence-corrected chi connectivity index (χ2v) is 19.1. The van der Waals surface area contributed by atoms with Crippen molar-refractivity contribution < 1.29 is 33.6 Å². The van der Waals surface area contributed by atoms with Crippen molar-refractivity contribution in [1.29, 1.82) is 0 Å². The smallest absolute Gasteiger partial charge is 0.315 e. The molecule has 2 heterocycles. The van der Waals surface area contributed by atoms with Gasteiger partial charge in [-0.05, 0) is 59.8 Å². The van der Waals surface area contributed by atoms with Crippen LogP contribution >= 0.6 is 0 Å². The quantitative estimate of drug-likeness (QED) is 0.136. The number of hydrogen-bond acceptors (Lipinski definition) is 7. The van der Waals surface area contributed by atoms with E-state index in [0.29, 0.717) is 12.3 Å². The van der Waals surface area contributed by atoms with E-state index in [9.17, 15) is 33.6 Å². The number of carbonyl (C=O) groups is 7. The SMILES string of the molecule is CC1(C)CC(=O)N(C[C@@H](NC(=O)N[C@H](C(=O)N2CC3=C=C[C@@H]3[C@H]2C(=O)NC2(C(=O)C(=O)NC3CC3)CC2CC2CC2)C(C)(C)C)C(C)(C)C)C(=O)C1. The number of nitrogens with one attached hydrogen (secondary N) is 4. The normalized spacial score (nSPS) is 28.9. The maximum Gasteiger partial charge on any atom is 0.315 e. The first-order valence-electron chi connectivity index (χ1n) is 18.9. The predicted octanol–water partition coefficient (Wildman–Crippen LogP) is 2.74. The second kappa shape index (κ2) is 13.1. The molecule has 6 atom stereocenters. The fourth-order valence-corrected chi connectivity index (χ4v) is 7.84. The Balaban J connectivity index is 1.17. The van der Waals surface area contributed by atoms with E-state index in [1.165, 1.54) is 9.80 Å². The highest BCUT2D eigenvalue weighted by Gasteiger charge is 2.64. The summed E-state index contributed by atoms with van der Waals surface area (Å²) in [6.07, 6.45) is 7.18. The largest absolute Gasteiger partial charge is 0.347 e. The summed E-state index contributed by atoms with van der Waals surface area (Å²) in [7, 11) is 0. The molecule has 0 spiro atoms. The third-order valence-electron chi connectivity index (χ3n) is 11.7. The van der Waals surface area contributed by atoms with Gasteiger partial charge in [-0.25, -0.2) is 4.79 Å². The Morgan fingerprint density at radius 2 is 1.56 bits per heavy atom. The van der Waals surface area contributed by atoms with Gasteiger partial charge in [-0.3, -0.25) is 33.7 Å². The minimum atomic E-state index is -1.29. The van der Waals surface area contributed by atoms with Crippen molar-refractivity contribution >= 4 is 41.4 Å². The molecule has 4 N–H and O–H groups in total. The number of urea groups is 1. The number of piperidine rings is 1. The zero-order valence-corrected chi connectivity index (χ0v) is 31.9. The van der Waals surface area contributed by atoms with E-state index in [-0.39, 0.29) is 55.6 Å². The Morgan fingerprint density at radius 3 is 2.08 bits per heavy atom. The molecular weight excluding hydrogens is 664 g/mol. The Hall–Kier alpha value is -3.99. The number of nitrogens with zero attached hydrogens (tertiary/aromatic N) is 2. The van der Waals surface area contributed by atoms with Gasteiger partial charge in [0.1, 0.15) is 17.6 Å². The summed E-state index contributed by atoms with van der Waals surface area (Å²) in [5, 5.41) is 11.6. The van der Waals surface area contributed by atoms with E-state index in [4.69, 9.17) is 0 Å². The topological polar surface area (TPSA) is 174 Å². The summed E-state index contributed by atoms with van der Waals surface area (Å²) in [5.41, 5.74) is 0.838. The van der Waals surface area contributed by atoms with Crippen molar-refractivity contribution in [3.8, 4) is 0 Å². The summed E-state index contributed by atoms with van der Waals surface area (Å²) in [4.78, 5) is 97.7. The average Bonchev–Trinajstić information content (AvgIpc) is 3.91. The summed E-state index contributed by atoms with van der Waals surface area (Å²) >= 11 is 0. The van der Waals surface area contributed by atoms with Gasteiger partial charge >= 0.3 is 6.03 Å². The lowest BCUT2D eigenvalue weighted by Crippen LogP contribution is -2.63. The molecule has 3 saturated carbocycles. The summed E-state index contributed by atoms with van der Waals surface area (Å²) in [6, 6.07) is -3.30. The maximum atomic E-state index is 14.5. The van der Waals surface area contributed by atoms with E-state index in [1.807, 2.05) is 55.4 Å². The van der Waals surface area contributed by atoms with Crippen LogP contribution in [-0.4, -0.2) is 93.9 Å². The number of likely N-dealkylation sites (tertiary alicyclic amines) is 2. The molecule has 52 heavy (non-hydrogen) atoms. The van der Waals surface area contributed by atoms with E-state index >= 15 is 0 Å². The van der Waals surface area contributed by atoms with Crippen molar-refractivity contribution in [3.63, 3.8) is 0 Å². The van der Waals surface area contributed by atoms with Crippen LogP contribution in [0, 0.1) is 34.0 Å². The number of ketones is 1. The molecule has 13 heteroatoms. The van der Waals surface area contributed by atoms with E-state index in [0.717, 1.165) is 37.7 Å². The zero-order valence-electron chi connectivity index (χ0n) is 31.9. The molecule has 0 aromatic carbocycles. The van der Waals surface area contributed by atoms with Crippen molar-refractivity contribution in [3.05, 3.63) is 17.4 Å². The highest BCUT2D eigenvalue weighted by Crippen LogP contribution is 2.53. The standard InChI is InChI=1S/C39H56N6O7/c1-36(2,3)26(20-44-27(46)17-38(7,8)18-28(44)47)41-35(52)42-30(37(4,5)6)34(51)45-19-22-11-14-25(22)29(45)32(49)43-39(16-23(39)15-21-9-10-21)31(48)33(50)40-24-12-13-24/h14,21,23-26,29-30H,9-10,12-13,15-20H2,1-8H3,(H,40,50)(H,43,49)(H2,41,42,52)/t23?,25-,26+,29-,30+,39?/m0/s1. The van der Waals surface area contributed by atoms with Crippen molar-refractivity contribution in [2.45, 2.75) is 136 Å². The fourth-order valence-electron chi connectivity index (χ4n) is 7.84. The van der Waals surface area contributed by atoms with Gasteiger partial charge in [0.2, 0.25) is 29.4 Å². The fraction of sp³-hybridized carbons (Fsp3) is 0.744. The summed E-state index contributed by atoms with van der Waals surface area (Å²) < 4.78 is 0. The van der Waals surface area contributed by atoms with Crippen LogP contribution in [0.15, 0.2) is 17.4 Å². The van der Waals surface area contributed by atoms with Gasteiger partial charge in [-0.1, -0.05) is 68.2 Å². The molecular formula is C39H56N6O7. The molecule has 7 amide bonds. The Morgan fingerprint density at radius 1 is 0.923 bits per heavy atom. The Bertz CT molecular complexity index is 1620. The molecule has 0 bridgehead atoms. The number of fused-ring (bicyclic) bond motifs is 1. The van der Waals surface area contributed by atoms with Crippen molar-refractivity contribution in [2.24, 2.45) is 34.0 Å². The van der Waals surface area contributed by atoms with Gasteiger partial charge in [0.05, 0.1) is 12.6 Å². The predicted molar refractivity (Wildman–Crippen MR) is 191 cm³/mol. The minimum absolute atomic E-state index is 0.000424. The first-order valence-corrected chi connectivity index (χ1v) is 18.9. The molecule has 6 rings (SSSR count). The number of carbonyl (C=O) groups excluding carboxylic acids is 7. The molecule has 4 aliphatic carbocycles. The molecule has 2 unspecified atom stereocenters. The lowest BCUT2D eigenvalue weighted by molar-refractivity contribution is -0.153. The van der Waals surface area contributed by atoms with Crippen LogP contribution in [0.25, 0.3) is 0 Å². The molecule has 284 valence electrons. The van der Waals surface area contributed by atoms with Crippen molar-refractivity contribution in [1.82, 2.24) is 31.1 Å². The minimum Gasteiger partial charge on any atom is -0.347 e. The van der Waals surface area contributed by atoms with Gasteiger partial charge in [0.25, 0.3) is 5.91 Å². The summed E-state index contributed by atoms with van der Waals surface area (Å²) in [6.45, 7) is 15.1. The van der Waals surface area contributed by atoms with Crippen LogP contribution in [0.2, 0.25) is 0 Å². The van der Waals surface area contributed by atoms with Crippen LogP contribution in [0.3, 0.4) is 0 Å². The first-order chi connectivity index (χ1) is 24.1. The number of amides is 7. The van der Waals surface area contributed by atoms with Gasteiger partial charge < -0.3 is 26.2 Å². The van der Waals surface area contributed by atoms with Gasteiger partial charge in [-0.15, -0.1) is 5.73 Å². The molecule has 5 fully saturated rings. The van der Waals surface area contributed by atoms with Crippen LogP contribution in [0.5, 0.6) is 0 Å². The van der Waals surface area contributed by atoms with Crippen LogP contribution in [0.1, 0.15) is 107 Å². The number of rotatable bonds is 12. The lowest BCUT2D eigenvalue weighted by Gasteiger charge is -2.40.